The average Bonchev–Trinajstić information content (AvgIpc) is 2.71. The fourth-order valence-electron chi connectivity index (χ4n) is 2.42. The number of hydrogen-bond donors (Lipinski definition) is 2. The minimum atomic E-state index is -1.41. The Bertz CT molecular complexity index is 919. The van der Waals surface area contributed by atoms with Gasteiger partial charge in [0.2, 0.25) is 6.10 Å². The lowest BCUT2D eigenvalue weighted by atomic mass is 10.1. The number of ether oxygens (including phenoxy) is 1. The molecule has 2 N–H and O–H groups in total. The van der Waals surface area contributed by atoms with Crippen molar-refractivity contribution in [3.63, 3.8) is 0 Å². The molecule has 29 heavy (non-hydrogen) atoms. The molecule has 2 aromatic rings. The topological polar surface area (TPSA) is 128 Å². The Kier molecular flexibility index (Phi) is 7.72. The first-order chi connectivity index (χ1) is 13.9. The Morgan fingerprint density at radius 1 is 1.17 bits per heavy atom. The minimum Gasteiger partial charge on any atom is -0.444 e. The molecule has 0 radical (unpaired) electrons. The van der Waals surface area contributed by atoms with Crippen molar-refractivity contribution in [1.29, 1.82) is 0 Å². The van der Waals surface area contributed by atoms with E-state index in [1.165, 1.54) is 23.9 Å². The Labute approximate surface area is 171 Å². The number of nitro benzene ring substituents is 1. The van der Waals surface area contributed by atoms with Crippen LogP contribution in [0.2, 0.25) is 0 Å². The number of thioether (sulfide) groups is 1. The van der Waals surface area contributed by atoms with E-state index in [0.29, 0.717) is 17.0 Å². The summed E-state index contributed by atoms with van der Waals surface area (Å²) in [6, 6.07) is 11.3. The molecule has 0 aromatic heterocycles. The van der Waals surface area contributed by atoms with E-state index >= 15 is 0 Å². The van der Waals surface area contributed by atoms with E-state index in [2.05, 4.69) is 10.6 Å². The van der Waals surface area contributed by atoms with Crippen LogP contribution in [0.4, 0.5) is 10.5 Å². The largest absolute Gasteiger partial charge is 0.444 e. The fraction of sp³-hybridized carbons (Fsp3) is 0.211. The SMILES string of the molecule is CCNC(=O)NC(=O)[C@@H](OC(=O)c1ccc(SC)c([N+](=O)[O-])c1)c1ccccc1. The zero-order valence-corrected chi connectivity index (χ0v) is 16.5. The molecule has 0 saturated heterocycles. The second-order valence-electron chi connectivity index (χ2n) is 5.69. The van der Waals surface area contributed by atoms with Gasteiger partial charge in [0, 0.05) is 18.2 Å². The summed E-state index contributed by atoms with van der Waals surface area (Å²) in [5.74, 6) is -1.77. The first kappa shape index (κ1) is 21.9. The summed E-state index contributed by atoms with van der Waals surface area (Å²) >= 11 is 1.17. The van der Waals surface area contributed by atoms with Gasteiger partial charge in [-0.05, 0) is 25.3 Å². The van der Waals surface area contributed by atoms with Gasteiger partial charge in [-0.2, -0.15) is 0 Å². The van der Waals surface area contributed by atoms with Crippen molar-refractivity contribution < 1.29 is 24.0 Å². The van der Waals surface area contributed by atoms with E-state index in [4.69, 9.17) is 4.74 Å². The molecule has 0 aliphatic rings. The Morgan fingerprint density at radius 3 is 2.45 bits per heavy atom. The molecular formula is C19H19N3O6S. The van der Waals surface area contributed by atoms with Gasteiger partial charge in [0.05, 0.1) is 15.4 Å². The van der Waals surface area contributed by atoms with Crippen LogP contribution >= 0.6 is 11.8 Å². The molecule has 152 valence electrons. The summed E-state index contributed by atoms with van der Waals surface area (Å²) in [6.07, 6.45) is 0.267. The van der Waals surface area contributed by atoms with Crippen LogP contribution in [-0.2, 0) is 9.53 Å². The second-order valence-corrected chi connectivity index (χ2v) is 6.54. The predicted octanol–water partition coefficient (Wildman–Crippen LogP) is 3.06. The highest BCUT2D eigenvalue weighted by Gasteiger charge is 2.28. The van der Waals surface area contributed by atoms with E-state index in [0.717, 1.165) is 6.07 Å². The van der Waals surface area contributed by atoms with E-state index in [9.17, 15) is 24.5 Å². The van der Waals surface area contributed by atoms with Crippen molar-refractivity contribution in [2.45, 2.75) is 17.9 Å². The smallest absolute Gasteiger partial charge is 0.339 e. The number of hydrogen-bond acceptors (Lipinski definition) is 7. The fourth-order valence-corrected chi connectivity index (χ4v) is 2.96. The van der Waals surface area contributed by atoms with Crippen molar-refractivity contribution in [3.05, 3.63) is 69.8 Å². The third-order valence-electron chi connectivity index (χ3n) is 3.75. The number of nitrogens with one attached hydrogen (secondary N) is 2. The number of carbonyl (C=O) groups excluding carboxylic acids is 3. The zero-order chi connectivity index (χ0) is 21.4. The van der Waals surface area contributed by atoms with Crippen LogP contribution in [0, 0.1) is 10.1 Å². The number of urea groups is 1. The van der Waals surface area contributed by atoms with Crippen molar-refractivity contribution in [2.24, 2.45) is 0 Å². The lowest BCUT2D eigenvalue weighted by Crippen LogP contribution is -2.42. The highest BCUT2D eigenvalue weighted by molar-refractivity contribution is 7.98. The molecule has 1 atom stereocenters. The van der Waals surface area contributed by atoms with E-state index in [1.54, 1.807) is 43.5 Å². The third-order valence-corrected chi connectivity index (χ3v) is 4.54. The molecule has 0 spiro atoms. The van der Waals surface area contributed by atoms with Crippen LogP contribution in [0.1, 0.15) is 28.9 Å². The van der Waals surface area contributed by atoms with Gasteiger partial charge in [-0.15, -0.1) is 11.8 Å². The van der Waals surface area contributed by atoms with Gasteiger partial charge in [-0.1, -0.05) is 30.3 Å². The van der Waals surface area contributed by atoms with Gasteiger partial charge in [0.25, 0.3) is 11.6 Å². The molecule has 0 saturated carbocycles. The van der Waals surface area contributed by atoms with Gasteiger partial charge < -0.3 is 10.1 Å². The number of nitrogens with zero attached hydrogens (tertiary/aromatic N) is 1. The summed E-state index contributed by atoms with van der Waals surface area (Å²) in [4.78, 5) is 47.8. The van der Waals surface area contributed by atoms with Gasteiger partial charge in [-0.25, -0.2) is 9.59 Å². The van der Waals surface area contributed by atoms with Gasteiger partial charge in [0.1, 0.15) is 0 Å². The van der Waals surface area contributed by atoms with Gasteiger partial charge >= 0.3 is 12.0 Å². The molecule has 2 rings (SSSR count). The lowest BCUT2D eigenvalue weighted by Gasteiger charge is -2.18. The van der Waals surface area contributed by atoms with Crippen LogP contribution in [0.3, 0.4) is 0 Å². The highest BCUT2D eigenvalue weighted by Crippen LogP contribution is 2.29. The summed E-state index contributed by atoms with van der Waals surface area (Å²) in [5.41, 5.74) is 0.0223. The average molecular weight is 417 g/mol. The molecule has 0 bridgehead atoms. The van der Waals surface area contributed by atoms with Crippen molar-refractivity contribution in [3.8, 4) is 0 Å². The Balaban J connectivity index is 2.30. The second kappa shape index (κ2) is 10.2. The van der Waals surface area contributed by atoms with Crippen molar-refractivity contribution >= 4 is 35.4 Å². The predicted molar refractivity (Wildman–Crippen MR) is 107 cm³/mol. The van der Waals surface area contributed by atoms with E-state index in [1.807, 2.05) is 0 Å². The number of amides is 3. The summed E-state index contributed by atoms with van der Waals surface area (Å²) in [7, 11) is 0. The molecule has 9 nitrogen and oxygen atoms in total. The molecule has 2 aromatic carbocycles. The molecule has 0 aliphatic carbocycles. The van der Waals surface area contributed by atoms with Crippen LogP contribution in [0.15, 0.2) is 53.4 Å². The Morgan fingerprint density at radius 2 is 1.86 bits per heavy atom. The maximum atomic E-state index is 12.6. The summed E-state index contributed by atoms with van der Waals surface area (Å²) in [6.45, 7) is 1.99. The van der Waals surface area contributed by atoms with Crippen molar-refractivity contribution in [1.82, 2.24) is 10.6 Å². The molecule has 0 aliphatic heterocycles. The molecule has 0 fully saturated rings. The van der Waals surface area contributed by atoms with Gasteiger partial charge in [0.15, 0.2) is 0 Å². The number of esters is 1. The number of rotatable bonds is 7. The third kappa shape index (κ3) is 5.79. The van der Waals surface area contributed by atoms with E-state index in [-0.39, 0.29) is 11.3 Å². The molecule has 0 heterocycles. The Hall–Kier alpha value is -3.40. The zero-order valence-electron chi connectivity index (χ0n) is 15.7. The summed E-state index contributed by atoms with van der Waals surface area (Å²) in [5, 5.41) is 15.7. The maximum Gasteiger partial charge on any atom is 0.339 e. The molecule has 3 amide bonds. The number of benzene rings is 2. The lowest BCUT2D eigenvalue weighted by molar-refractivity contribution is -0.387. The maximum absolute atomic E-state index is 12.6. The van der Waals surface area contributed by atoms with Crippen LogP contribution in [-0.4, -0.2) is 35.6 Å². The standard InChI is InChI=1S/C19H19N3O6S/c1-3-20-19(25)21-17(23)16(12-7-5-4-6-8-12)28-18(24)13-9-10-15(29-2)14(11-13)22(26)27/h4-11,16H,3H2,1-2H3,(H2,20,21,23,25)/t16-/m0/s1. The monoisotopic (exact) mass is 417 g/mol. The van der Waals surface area contributed by atoms with E-state index < -0.39 is 28.9 Å². The quantitative estimate of drug-likeness (QED) is 0.307. The molecule has 10 heteroatoms. The van der Waals surface area contributed by atoms with Gasteiger partial charge in [-0.3, -0.25) is 20.2 Å². The van der Waals surface area contributed by atoms with Crippen molar-refractivity contribution in [2.75, 3.05) is 12.8 Å². The first-order valence-electron chi connectivity index (χ1n) is 8.54. The first-order valence-corrected chi connectivity index (χ1v) is 9.76. The number of imide groups is 1. The normalized spacial score (nSPS) is 11.2. The number of carbonyl (C=O) groups is 3. The summed E-state index contributed by atoms with van der Waals surface area (Å²) < 4.78 is 5.31. The molecular weight excluding hydrogens is 398 g/mol. The number of nitro groups is 1. The minimum absolute atomic E-state index is 0.0822. The van der Waals surface area contributed by atoms with Crippen LogP contribution in [0.25, 0.3) is 0 Å². The van der Waals surface area contributed by atoms with Crippen LogP contribution < -0.4 is 10.6 Å². The highest BCUT2D eigenvalue weighted by atomic mass is 32.2. The molecule has 0 unspecified atom stereocenters. The van der Waals surface area contributed by atoms with Crippen LogP contribution in [0.5, 0.6) is 0 Å².